The van der Waals surface area contributed by atoms with Crippen LogP contribution in [-0.4, -0.2) is 112 Å². The molecule has 0 bridgehead atoms. The van der Waals surface area contributed by atoms with Crippen molar-refractivity contribution < 1.29 is 39.9 Å². The van der Waals surface area contributed by atoms with E-state index in [4.69, 9.17) is 5.73 Å². The summed E-state index contributed by atoms with van der Waals surface area (Å²) in [6, 6.07) is 0.665. The maximum Gasteiger partial charge on any atom is 0.255 e. The van der Waals surface area contributed by atoms with Crippen molar-refractivity contribution in [3.8, 4) is 5.75 Å². The molecule has 12 nitrogen and oxygen atoms in total. The number of hydrogen-bond acceptors (Lipinski definition) is 11. The molecule has 0 aliphatic heterocycles. The van der Waals surface area contributed by atoms with Crippen molar-refractivity contribution in [1.29, 1.82) is 0 Å². The molecule has 3 aliphatic rings. The predicted octanol–water partition coefficient (Wildman–Crippen LogP) is -0.157. The number of carbonyl (C=O) groups is 3. The number of likely N-dealkylation sites (N-methyl/N-ethyl adjacent to an activating group) is 2. The van der Waals surface area contributed by atoms with Crippen LogP contribution in [-0.2, 0) is 27.3 Å². The van der Waals surface area contributed by atoms with Gasteiger partial charge in [-0.05, 0) is 58.5 Å². The van der Waals surface area contributed by atoms with Crippen molar-refractivity contribution in [1.82, 2.24) is 9.80 Å². The number of amides is 1. The van der Waals surface area contributed by atoms with Gasteiger partial charge >= 0.3 is 0 Å². The molecule has 0 aromatic heterocycles. The standard InChI is InChI=1S/C28H38N4O8/c1-12(33)10-32(6)11-14-9-17(30(2)3)15-7-13-8-16-21(31(4)5)24(36)20(27(29)39)26(38)28(16,40)25(37)18(13)23(35)19(15)22(14)34/h9,12-13,16,21,33-35,38,40H,7-8,10-11H2,1-6H3,(H2,29,39)/t12?,13?,16?,21-,28-/m0/s1. The predicted molar refractivity (Wildman–Crippen MR) is 147 cm³/mol. The van der Waals surface area contributed by atoms with Crippen molar-refractivity contribution in [2.24, 2.45) is 17.6 Å². The van der Waals surface area contributed by atoms with Gasteiger partial charge in [0.05, 0.1) is 17.7 Å². The number of aromatic hydroxyl groups is 1. The second-order valence-corrected chi connectivity index (χ2v) is 11.7. The highest BCUT2D eigenvalue weighted by atomic mass is 16.3. The quantitative estimate of drug-likeness (QED) is 0.244. The Balaban J connectivity index is 1.94. The summed E-state index contributed by atoms with van der Waals surface area (Å²) in [5.41, 5.74) is 3.44. The zero-order valence-electron chi connectivity index (χ0n) is 23.6. The number of benzene rings is 1. The first kappa shape index (κ1) is 29.5. The van der Waals surface area contributed by atoms with Crippen LogP contribution in [0.3, 0.4) is 0 Å². The lowest BCUT2D eigenvalue weighted by Crippen LogP contribution is -2.65. The van der Waals surface area contributed by atoms with Crippen molar-refractivity contribution in [2.45, 2.75) is 44.1 Å². The molecule has 0 radical (unpaired) electrons. The van der Waals surface area contributed by atoms with Crippen molar-refractivity contribution in [3.05, 3.63) is 39.7 Å². The van der Waals surface area contributed by atoms with Crippen LogP contribution in [0.2, 0.25) is 0 Å². The number of nitrogens with zero attached hydrogens (tertiary/aromatic N) is 3. The number of Topliss-reactive ketones (excluding diaryl/α,β-unsaturated/α-hetero) is 2. The normalized spacial score (nSPS) is 27.1. The van der Waals surface area contributed by atoms with Gasteiger partial charge in [0.15, 0.2) is 11.4 Å². The zero-order valence-corrected chi connectivity index (χ0v) is 23.6. The van der Waals surface area contributed by atoms with Gasteiger partial charge in [-0.15, -0.1) is 0 Å². The second-order valence-electron chi connectivity index (χ2n) is 11.7. The monoisotopic (exact) mass is 558 g/mol. The van der Waals surface area contributed by atoms with Crippen LogP contribution >= 0.6 is 0 Å². The molecule has 0 saturated heterocycles. The minimum absolute atomic E-state index is 0.0261. The van der Waals surface area contributed by atoms with E-state index in [2.05, 4.69) is 0 Å². The summed E-state index contributed by atoms with van der Waals surface area (Å²) in [5, 5.41) is 55.4. The van der Waals surface area contributed by atoms with E-state index in [1.165, 1.54) is 4.90 Å². The number of primary amides is 1. The Morgan fingerprint density at radius 2 is 1.77 bits per heavy atom. The SMILES string of the molecule is CC(O)CN(C)Cc1cc(N(C)C)c2c(c1O)C(O)=C1C(=O)[C@]3(O)C(O)=C(C(N)=O)C(=O)[C@@H](N(C)C)C3CC1C2. The molecule has 7 N–H and O–H groups in total. The largest absolute Gasteiger partial charge is 0.508 e. The summed E-state index contributed by atoms with van der Waals surface area (Å²) in [4.78, 5) is 44.5. The topological polar surface area (TPSA) is 188 Å². The fraction of sp³-hybridized carbons (Fsp3) is 0.536. The summed E-state index contributed by atoms with van der Waals surface area (Å²) >= 11 is 0. The molecule has 1 aromatic carbocycles. The van der Waals surface area contributed by atoms with Gasteiger partial charge in [0.1, 0.15) is 22.8 Å². The first-order valence-corrected chi connectivity index (χ1v) is 13.1. The summed E-state index contributed by atoms with van der Waals surface area (Å²) in [6.45, 7) is 2.20. The number of hydrogen-bond donors (Lipinski definition) is 6. The van der Waals surface area contributed by atoms with E-state index in [0.717, 1.165) is 0 Å². The number of aliphatic hydroxyl groups excluding tert-OH is 3. The van der Waals surface area contributed by atoms with Crippen LogP contribution in [0.4, 0.5) is 5.69 Å². The van der Waals surface area contributed by atoms with Crippen molar-refractivity contribution >= 4 is 28.9 Å². The van der Waals surface area contributed by atoms with Gasteiger partial charge in [-0.1, -0.05) is 0 Å². The van der Waals surface area contributed by atoms with Gasteiger partial charge in [0, 0.05) is 49.9 Å². The van der Waals surface area contributed by atoms with Gasteiger partial charge < -0.3 is 36.2 Å². The van der Waals surface area contributed by atoms with E-state index >= 15 is 0 Å². The summed E-state index contributed by atoms with van der Waals surface area (Å²) in [7, 11) is 8.52. The van der Waals surface area contributed by atoms with E-state index in [-0.39, 0.29) is 36.3 Å². The number of carbonyl (C=O) groups excluding carboxylic acids is 3. The first-order chi connectivity index (χ1) is 18.5. The molecule has 40 heavy (non-hydrogen) atoms. The Bertz CT molecular complexity index is 1350. The van der Waals surface area contributed by atoms with Gasteiger partial charge in [0.2, 0.25) is 5.78 Å². The van der Waals surface area contributed by atoms with E-state index in [0.29, 0.717) is 23.4 Å². The Morgan fingerprint density at radius 1 is 1.15 bits per heavy atom. The zero-order chi connectivity index (χ0) is 30.0. The maximum absolute atomic E-state index is 14.0. The number of anilines is 1. The van der Waals surface area contributed by atoms with Crippen molar-refractivity contribution in [3.63, 3.8) is 0 Å². The van der Waals surface area contributed by atoms with E-state index in [9.17, 15) is 39.9 Å². The molecule has 218 valence electrons. The van der Waals surface area contributed by atoms with Crippen molar-refractivity contribution in [2.75, 3.05) is 46.7 Å². The summed E-state index contributed by atoms with van der Waals surface area (Å²) < 4.78 is 0. The third-order valence-electron chi connectivity index (χ3n) is 8.27. The Labute approximate surface area is 232 Å². The minimum atomic E-state index is -2.68. The molecular weight excluding hydrogens is 520 g/mol. The van der Waals surface area contributed by atoms with Crippen LogP contribution in [0.1, 0.15) is 30.0 Å². The molecule has 12 heteroatoms. The van der Waals surface area contributed by atoms with E-state index < -0.39 is 64.1 Å². The average molecular weight is 559 g/mol. The molecule has 1 saturated carbocycles. The third-order valence-corrected chi connectivity index (χ3v) is 8.27. The molecule has 4 rings (SSSR count). The molecule has 1 fully saturated rings. The fourth-order valence-electron chi connectivity index (χ4n) is 6.67. The lowest BCUT2D eigenvalue weighted by molar-refractivity contribution is -0.153. The van der Waals surface area contributed by atoms with Gasteiger partial charge in [0.25, 0.3) is 5.91 Å². The molecular formula is C28H38N4O8. The third kappa shape index (κ3) is 4.35. The molecule has 5 atom stereocenters. The Morgan fingerprint density at radius 3 is 2.30 bits per heavy atom. The van der Waals surface area contributed by atoms with Gasteiger partial charge in [-0.25, -0.2) is 0 Å². The fourth-order valence-corrected chi connectivity index (χ4v) is 6.67. The number of aliphatic hydroxyl groups is 4. The van der Waals surface area contributed by atoms with Crippen LogP contribution < -0.4 is 10.6 Å². The summed E-state index contributed by atoms with van der Waals surface area (Å²) in [5.74, 6) is -6.78. The highest BCUT2D eigenvalue weighted by molar-refractivity contribution is 6.24. The lowest BCUT2D eigenvalue weighted by Gasteiger charge is -2.50. The highest BCUT2D eigenvalue weighted by Gasteiger charge is 2.64. The number of fused-ring (bicyclic) bond motifs is 3. The molecule has 3 unspecified atom stereocenters. The summed E-state index contributed by atoms with van der Waals surface area (Å²) in [6.07, 6.45) is -0.375. The number of ketones is 2. The van der Waals surface area contributed by atoms with Gasteiger partial charge in [-0.3, -0.25) is 24.2 Å². The van der Waals surface area contributed by atoms with Crippen LogP contribution in [0, 0.1) is 11.8 Å². The van der Waals surface area contributed by atoms with Crippen LogP contribution in [0.15, 0.2) is 23.0 Å². The average Bonchev–Trinajstić information content (AvgIpc) is 2.81. The van der Waals surface area contributed by atoms with Crippen LogP contribution in [0.25, 0.3) is 5.76 Å². The van der Waals surface area contributed by atoms with E-state index in [1.807, 2.05) is 19.0 Å². The number of rotatable bonds is 7. The Hall–Kier alpha value is -3.45. The lowest BCUT2D eigenvalue weighted by atomic mass is 9.57. The smallest absolute Gasteiger partial charge is 0.255 e. The Kier molecular flexibility index (Phi) is 7.52. The maximum atomic E-state index is 14.0. The number of phenolic OH excluding ortho intramolecular Hbond substituents is 1. The minimum Gasteiger partial charge on any atom is -0.508 e. The molecule has 0 heterocycles. The van der Waals surface area contributed by atoms with Crippen LogP contribution in [0.5, 0.6) is 5.75 Å². The first-order valence-electron chi connectivity index (χ1n) is 13.1. The number of nitrogens with two attached hydrogens (primary N) is 1. The molecule has 3 aliphatic carbocycles. The second kappa shape index (κ2) is 10.2. The molecule has 1 aromatic rings. The van der Waals surface area contributed by atoms with Gasteiger partial charge in [-0.2, -0.15) is 0 Å². The molecule has 1 amide bonds. The van der Waals surface area contributed by atoms with E-state index in [1.54, 1.807) is 39.0 Å². The highest BCUT2D eigenvalue weighted by Crippen LogP contribution is 2.54. The molecule has 0 spiro atoms. The number of phenols is 1.